The standard InChI is InChI=1S/C15H33N6O4P/c1-25-26(2,24)13-19-15(23)12-21-9-5-17-3-7-20(11-14(16)22)8-4-18-6-10-21/h17-18H,3-13H2,1-2H3,(H2,16,22)(H,19,23). The van der Waals surface area contributed by atoms with E-state index >= 15 is 0 Å². The third-order valence-corrected chi connectivity index (χ3v) is 5.62. The highest BCUT2D eigenvalue weighted by atomic mass is 31.2. The molecule has 10 nitrogen and oxygen atoms in total. The minimum Gasteiger partial charge on any atom is -0.369 e. The van der Waals surface area contributed by atoms with E-state index < -0.39 is 7.37 Å². The highest BCUT2D eigenvalue weighted by Gasteiger charge is 2.17. The molecule has 1 aliphatic heterocycles. The number of primary amides is 1. The fraction of sp³-hybridized carbons (Fsp3) is 0.867. The molecule has 1 rings (SSSR count). The molecule has 1 atom stereocenters. The fourth-order valence-electron chi connectivity index (χ4n) is 2.51. The lowest BCUT2D eigenvalue weighted by Gasteiger charge is -2.26. The van der Waals surface area contributed by atoms with Crippen LogP contribution in [0.1, 0.15) is 0 Å². The molecule has 1 unspecified atom stereocenters. The third kappa shape index (κ3) is 10.8. The maximum absolute atomic E-state index is 12.1. The molecule has 1 fully saturated rings. The van der Waals surface area contributed by atoms with Gasteiger partial charge in [0.2, 0.25) is 19.2 Å². The van der Waals surface area contributed by atoms with Crippen molar-refractivity contribution >= 4 is 19.2 Å². The van der Waals surface area contributed by atoms with Gasteiger partial charge in [-0.05, 0) is 0 Å². The third-order valence-electron chi connectivity index (χ3n) is 4.12. The van der Waals surface area contributed by atoms with E-state index in [9.17, 15) is 14.2 Å². The van der Waals surface area contributed by atoms with Crippen LogP contribution in [0, 0.1) is 0 Å². The lowest BCUT2D eigenvalue weighted by molar-refractivity contribution is -0.122. The number of carbonyl (C=O) groups is 2. The number of nitrogens with two attached hydrogens (primary N) is 1. The minimum absolute atomic E-state index is 0.0440. The van der Waals surface area contributed by atoms with E-state index in [1.807, 2.05) is 9.80 Å². The Labute approximate surface area is 155 Å². The first-order valence-electron chi connectivity index (χ1n) is 8.86. The Balaban J connectivity index is 2.40. The molecular weight excluding hydrogens is 359 g/mol. The predicted octanol–water partition coefficient (Wildman–Crippen LogP) is -2.10. The maximum Gasteiger partial charge on any atom is 0.234 e. The Morgan fingerprint density at radius 2 is 1.50 bits per heavy atom. The minimum atomic E-state index is -2.75. The Morgan fingerprint density at radius 1 is 1.04 bits per heavy atom. The van der Waals surface area contributed by atoms with Gasteiger partial charge in [-0.1, -0.05) is 0 Å². The molecule has 0 aromatic rings. The van der Waals surface area contributed by atoms with Crippen LogP contribution in [0.25, 0.3) is 0 Å². The molecule has 0 aromatic heterocycles. The molecule has 0 aromatic carbocycles. The summed E-state index contributed by atoms with van der Waals surface area (Å²) in [5.41, 5.74) is 5.27. The molecule has 0 saturated carbocycles. The summed E-state index contributed by atoms with van der Waals surface area (Å²) >= 11 is 0. The van der Waals surface area contributed by atoms with Crippen LogP contribution in [0.4, 0.5) is 0 Å². The first kappa shape index (κ1) is 23.0. The van der Waals surface area contributed by atoms with Gasteiger partial charge in [-0.25, -0.2) is 0 Å². The van der Waals surface area contributed by atoms with Gasteiger partial charge in [0.25, 0.3) is 0 Å². The van der Waals surface area contributed by atoms with Crippen molar-refractivity contribution in [3.63, 3.8) is 0 Å². The highest BCUT2D eigenvalue weighted by Crippen LogP contribution is 2.39. The van der Waals surface area contributed by atoms with Crippen LogP contribution >= 0.6 is 7.37 Å². The summed E-state index contributed by atoms with van der Waals surface area (Å²) in [4.78, 5) is 27.2. The first-order chi connectivity index (χ1) is 12.3. The zero-order valence-electron chi connectivity index (χ0n) is 15.8. The number of rotatable bonds is 7. The van der Waals surface area contributed by atoms with E-state index in [-0.39, 0.29) is 31.2 Å². The van der Waals surface area contributed by atoms with E-state index in [4.69, 9.17) is 10.3 Å². The zero-order valence-corrected chi connectivity index (χ0v) is 16.7. The second-order valence-electron chi connectivity index (χ2n) is 6.47. The number of nitrogens with one attached hydrogen (secondary N) is 3. The molecule has 0 spiro atoms. The molecular formula is C15H33N6O4P. The van der Waals surface area contributed by atoms with E-state index in [0.29, 0.717) is 0 Å². The highest BCUT2D eigenvalue weighted by molar-refractivity contribution is 7.58. The van der Waals surface area contributed by atoms with Crippen molar-refractivity contribution in [3.05, 3.63) is 0 Å². The first-order valence-corrected chi connectivity index (χ1v) is 11.1. The summed E-state index contributed by atoms with van der Waals surface area (Å²) in [7, 11) is -1.37. The molecule has 0 aliphatic carbocycles. The molecule has 0 bridgehead atoms. The normalized spacial score (nSPS) is 21.2. The van der Waals surface area contributed by atoms with E-state index in [2.05, 4.69) is 16.0 Å². The molecule has 11 heteroatoms. The van der Waals surface area contributed by atoms with Crippen molar-refractivity contribution in [2.75, 3.05) is 85.5 Å². The van der Waals surface area contributed by atoms with Crippen molar-refractivity contribution < 1.29 is 18.7 Å². The van der Waals surface area contributed by atoms with Crippen LogP contribution in [0.15, 0.2) is 0 Å². The van der Waals surface area contributed by atoms with Crippen LogP contribution in [0.3, 0.4) is 0 Å². The topological polar surface area (TPSA) is 129 Å². The molecule has 0 radical (unpaired) electrons. The van der Waals surface area contributed by atoms with E-state index in [1.165, 1.54) is 13.8 Å². The molecule has 1 heterocycles. The Hall–Kier alpha value is -1.03. The van der Waals surface area contributed by atoms with Gasteiger partial charge < -0.3 is 26.2 Å². The number of hydrogen-bond donors (Lipinski definition) is 4. The fourth-order valence-corrected chi connectivity index (χ4v) is 3.11. The van der Waals surface area contributed by atoms with Crippen molar-refractivity contribution in [2.24, 2.45) is 5.73 Å². The van der Waals surface area contributed by atoms with Crippen molar-refractivity contribution in [3.8, 4) is 0 Å². The number of carbonyl (C=O) groups excluding carboxylic acids is 2. The Morgan fingerprint density at radius 3 is 1.92 bits per heavy atom. The van der Waals surface area contributed by atoms with Crippen molar-refractivity contribution in [2.45, 2.75) is 0 Å². The van der Waals surface area contributed by atoms with Gasteiger partial charge in [0, 0.05) is 66.1 Å². The van der Waals surface area contributed by atoms with Crippen LogP contribution in [-0.4, -0.2) is 107 Å². The van der Waals surface area contributed by atoms with Gasteiger partial charge in [-0.2, -0.15) is 0 Å². The van der Waals surface area contributed by atoms with Crippen LogP contribution in [0.5, 0.6) is 0 Å². The van der Waals surface area contributed by atoms with Crippen LogP contribution in [-0.2, 0) is 18.7 Å². The lowest BCUT2D eigenvalue weighted by Crippen LogP contribution is -2.47. The molecule has 2 amide bonds. The quantitative estimate of drug-likeness (QED) is 0.363. The number of amides is 2. The summed E-state index contributed by atoms with van der Waals surface area (Å²) in [5.74, 6) is -0.483. The van der Waals surface area contributed by atoms with Gasteiger partial charge in [0.1, 0.15) is 0 Å². The zero-order chi connectivity index (χ0) is 19.4. The van der Waals surface area contributed by atoms with Crippen LogP contribution in [0.2, 0.25) is 0 Å². The maximum atomic E-state index is 12.1. The number of hydrogen-bond acceptors (Lipinski definition) is 8. The average molecular weight is 392 g/mol. The van der Waals surface area contributed by atoms with E-state index in [0.717, 1.165) is 52.4 Å². The smallest absolute Gasteiger partial charge is 0.234 e. The molecule has 1 saturated heterocycles. The second-order valence-corrected chi connectivity index (χ2v) is 9.18. The summed E-state index contributed by atoms with van der Waals surface area (Å²) in [6.07, 6.45) is 0.0440. The van der Waals surface area contributed by atoms with Gasteiger partial charge in [-0.3, -0.25) is 24.0 Å². The average Bonchev–Trinajstić information content (AvgIpc) is 2.57. The summed E-state index contributed by atoms with van der Waals surface area (Å²) in [6, 6.07) is 0. The van der Waals surface area contributed by atoms with Crippen molar-refractivity contribution in [1.29, 1.82) is 0 Å². The van der Waals surface area contributed by atoms with Gasteiger partial charge in [0.05, 0.1) is 19.4 Å². The summed E-state index contributed by atoms with van der Waals surface area (Å²) in [5, 5.41) is 9.32. The lowest BCUT2D eigenvalue weighted by atomic mass is 10.3. The monoisotopic (exact) mass is 392 g/mol. The molecule has 5 N–H and O–H groups in total. The van der Waals surface area contributed by atoms with Crippen LogP contribution < -0.4 is 21.7 Å². The van der Waals surface area contributed by atoms with E-state index in [1.54, 1.807) is 0 Å². The molecule has 26 heavy (non-hydrogen) atoms. The summed E-state index contributed by atoms with van der Waals surface area (Å²) < 4.78 is 16.7. The SMILES string of the molecule is COP(C)(=O)CNC(=O)CN1CCNCCN(CC(N)=O)CCNCC1. The predicted molar refractivity (Wildman–Crippen MR) is 101 cm³/mol. The van der Waals surface area contributed by atoms with Gasteiger partial charge >= 0.3 is 0 Å². The van der Waals surface area contributed by atoms with Gasteiger partial charge in [0.15, 0.2) is 0 Å². The molecule has 1 aliphatic rings. The Kier molecular flexibility index (Phi) is 11.0. The largest absolute Gasteiger partial charge is 0.369 e. The molecule has 152 valence electrons. The number of nitrogens with zero attached hydrogens (tertiary/aromatic N) is 2. The Bertz CT molecular complexity index is 479. The summed E-state index contributed by atoms with van der Waals surface area (Å²) in [6.45, 7) is 7.92. The van der Waals surface area contributed by atoms with Crippen molar-refractivity contribution in [1.82, 2.24) is 25.8 Å². The van der Waals surface area contributed by atoms with Gasteiger partial charge in [-0.15, -0.1) is 0 Å². The second kappa shape index (κ2) is 12.4.